The second kappa shape index (κ2) is 8.37. The molecule has 114 valence electrons. The van der Waals surface area contributed by atoms with Crippen LogP contribution in [-0.2, 0) is 18.3 Å². The van der Waals surface area contributed by atoms with Crippen LogP contribution in [0.5, 0.6) is 0 Å². The third kappa shape index (κ3) is 7.42. The summed E-state index contributed by atoms with van der Waals surface area (Å²) >= 11 is 0. The third-order valence-electron chi connectivity index (χ3n) is 2.99. The Kier molecular flexibility index (Phi) is 7.53. The van der Waals surface area contributed by atoms with E-state index < -0.39 is 8.56 Å². The van der Waals surface area contributed by atoms with Crippen LogP contribution in [0.4, 0.5) is 0 Å². The maximum absolute atomic E-state index is 6.17. The summed E-state index contributed by atoms with van der Waals surface area (Å²) < 4.78 is 23.1. The van der Waals surface area contributed by atoms with Gasteiger partial charge in [0.1, 0.15) is 6.10 Å². The van der Waals surface area contributed by atoms with E-state index in [-0.39, 0.29) is 12.2 Å². The first-order valence-electron chi connectivity index (χ1n) is 7.52. The highest BCUT2D eigenvalue weighted by Gasteiger charge is 2.37. The number of epoxide rings is 1. The van der Waals surface area contributed by atoms with E-state index in [1.807, 2.05) is 0 Å². The fourth-order valence-corrected chi connectivity index (χ4v) is 5.55. The Morgan fingerprint density at radius 2 is 1.74 bits per heavy atom. The number of hydrogen-bond acceptors (Lipinski definition) is 4. The molecule has 0 saturated carbocycles. The van der Waals surface area contributed by atoms with Gasteiger partial charge in [-0.25, -0.2) is 0 Å². The number of ether oxygens (including phenoxy) is 2. The molecule has 0 aromatic carbocycles. The van der Waals surface area contributed by atoms with Crippen molar-refractivity contribution < 1.29 is 18.3 Å². The summed E-state index contributed by atoms with van der Waals surface area (Å²) in [5.74, 6) is 0. The molecule has 1 heterocycles. The van der Waals surface area contributed by atoms with Crippen molar-refractivity contribution in [2.75, 3.05) is 19.8 Å². The van der Waals surface area contributed by atoms with Crippen molar-refractivity contribution in [1.82, 2.24) is 0 Å². The summed E-state index contributed by atoms with van der Waals surface area (Å²) in [6.45, 7) is 12.9. The van der Waals surface area contributed by atoms with Crippen LogP contribution in [0.1, 0.15) is 41.0 Å². The van der Waals surface area contributed by atoms with Gasteiger partial charge >= 0.3 is 8.56 Å². The first-order chi connectivity index (χ1) is 8.97. The van der Waals surface area contributed by atoms with Gasteiger partial charge in [-0.1, -0.05) is 6.92 Å². The lowest BCUT2D eigenvalue weighted by atomic mass is 10.5. The van der Waals surface area contributed by atoms with Gasteiger partial charge in [0.2, 0.25) is 0 Å². The largest absolute Gasteiger partial charge is 0.392 e. The van der Waals surface area contributed by atoms with Crippen LogP contribution < -0.4 is 0 Å². The Balaban J connectivity index is 2.32. The van der Waals surface area contributed by atoms with Crippen LogP contribution in [0.25, 0.3) is 0 Å². The first-order valence-corrected chi connectivity index (χ1v) is 9.75. The predicted octanol–water partition coefficient (Wildman–Crippen LogP) is 3.10. The molecule has 5 heteroatoms. The topological polar surface area (TPSA) is 40.2 Å². The molecule has 0 aliphatic carbocycles. The van der Waals surface area contributed by atoms with E-state index in [0.29, 0.717) is 6.10 Å². The SMILES string of the molecule is CC[Si](CCCOCC1CO1)(OC(C)C)OC(C)C. The molecule has 1 atom stereocenters. The van der Waals surface area contributed by atoms with Crippen molar-refractivity contribution in [2.45, 2.75) is 71.4 Å². The minimum Gasteiger partial charge on any atom is -0.392 e. The normalized spacial score (nSPS) is 19.4. The lowest BCUT2D eigenvalue weighted by Crippen LogP contribution is -2.45. The highest BCUT2D eigenvalue weighted by atomic mass is 28.4. The van der Waals surface area contributed by atoms with Gasteiger partial charge in [-0.3, -0.25) is 0 Å². The lowest BCUT2D eigenvalue weighted by Gasteiger charge is -2.33. The van der Waals surface area contributed by atoms with Crippen LogP contribution in [0.2, 0.25) is 12.1 Å². The van der Waals surface area contributed by atoms with Gasteiger partial charge in [0, 0.05) is 18.8 Å². The van der Waals surface area contributed by atoms with Crippen molar-refractivity contribution in [3.05, 3.63) is 0 Å². The van der Waals surface area contributed by atoms with Crippen LogP contribution in [-0.4, -0.2) is 46.7 Å². The Morgan fingerprint density at radius 1 is 1.16 bits per heavy atom. The van der Waals surface area contributed by atoms with Gasteiger partial charge < -0.3 is 18.3 Å². The fraction of sp³-hybridized carbons (Fsp3) is 1.00. The van der Waals surface area contributed by atoms with Crippen LogP contribution in [0.3, 0.4) is 0 Å². The van der Waals surface area contributed by atoms with Crippen LogP contribution in [0, 0.1) is 0 Å². The van der Waals surface area contributed by atoms with Gasteiger partial charge in [0.25, 0.3) is 0 Å². The zero-order valence-electron chi connectivity index (χ0n) is 13.1. The highest BCUT2D eigenvalue weighted by molar-refractivity contribution is 6.67. The van der Waals surface area contributed by atoms with Gasteiger partial charge in [-0.2, -0.15) is 0 Å². The molecular weight excluding hydrogens is 260 g/mol. The summed E-state index contributed by atoms with van der Waals surface area (Å²) in [4.78, 5) is 0. The monoisotopic (exact) mass is 290 g/mol. The van der Waals surface area contributed by atoms with Gasteiger partial charge in [0.15, 0.2) is 0 Å². The third-order valence-corrected chi connectivity index (χ3v) is 6.99. The van der Waals surface area contributed by atoms with Gasteiger partial charge in [-0.15, -0.1) is 0 Å². The van der Waals surface area contributed by atoms with Crippen molar-refractivity contribution in [3.63, 3.8) is 0 Å². The van der Waals surface area contributed by atoms with E-state index >= 15 is 0 Å². The molecule has 1 unspecified atom stereocenters. The Morgan fingerprint density at radius 3 is 2.16 bits per heavy atom. The van der Waals surface area contributed by atoms with Crippen molar-refractivity contribution in [3.8, 4) is 0 Å². The molecule has 0 aromatic heterocycles. The molecule has 0 aromatic rings. The molecule has 0 bridgehead atoms. The summed E-state index contributed by atoms with van der Waals surface area (Å²) in [5, 5.41) is 0. The Bertz CT molecular complexity index is 232. The van der Waals surface area contributed by atoms with Crippen molar-refractivity contribution >= 4 is 8.56 Å². The molecule has 0 N–H and O–H groups in total. The average Bonchev–Trinajstić information content (AvgIpc) is 3.10. The molecule has 0 radical (unpaired) electrons. The second-order valence-corrected chi connectivity index (χ2v) is 9.23. The predicted molar refractivity (Wildman–Crippen MR) is 78.7 cm³/mol. The summed E-state index contributed by atoms with van der Waals surface area (Å²) in [6, 6.07) is 2.00. The van der Waals surface area contributed by atoms with Crippen LogP contribution >= 0.6 is 0 Å². The Hall–Kier alpha value is 0.0569. The van der Waals surface area contributed by atoms with Crippen LogP contribution in [0.15, 0.2) is 0 Å². The standard InChI is InChI=1S/C14H30O4Si/c1-6-19(17-12(2)3,18-13(4)5)9-7-8-15-10-14-11-16-14/h12-14H,6-11H2,1-5H3. The lowest BCUT2D eigenvalue weighted by molar-refractivity contribution is 0.0937. The summed E-state index contributed by atoms with van der Waals surface area (Å²) in [7, 11) is -2.07. The minimum atomic E-state index is -2.07. The average molecular weight is 290 g/mol. The number of hydrogen-bond donors (Lipinski definition) is 0. The molecule has 1 rings (SSSR count). The van der Waals surface area contributed by atoms with Gasteiger partial charge in [-0.05, 0) is 46.2 Å². The van der Waals surface area contributed by atoms with E-state index in [9.17, 15) is 0 Å². The molecule has 4 nitrogen and oxygen atoms in total. The Labute approximate surface area is 119 Å². The first kappa shape index (κ1) is 17.1. The number of rotatable bonds is 11. The van der Waals surface area contributed by atoms with Crippen molar-refractivity contribution in [1.29, 1.82) is 0 Å². The second-order valence-electron chi connectivity index (χ2n) is 5.73. The zero-order valence-corrected chi connectivity index (χ0v) is 14.1. The zero-order chi connectivity index (χ0) is 14.3. The van der Waals surface area contributed by atoms with E-state index in [4.69, 9.17) is 18.3 Å². The summed E-state index contributed by atoms with van der Waals surface area (Å²) in [6.07, 6.45) is 1.82. The van der Waals surface area contributed by atoms with E-state index in [1.165, 1.54) is 0 Å². The summed E-state index contributed by atoms with van der Waals surface area (Å²) in [5.41, 5.74) is 0. The maximum atomic E-state index is 6.17. The van der Waals surface area contributed by atoms with E-state index in [2.05, 4.69) is 34.6 Å². The molecule has 0 amide bonds. The molecular formula is C14H30O4Si. The molecule has 0 spiro atoms. The molecule has 1 saturated heterocycles. The molecule has 1 aliphatic heterocycles. The molecule has 1 aliphatic rings. The maximum Gasteiger partial charge on any atom is 0.338 e. The highest BCUT2D eigenvalue weighted by Crippen LogP contribution is 2.24. The quantitative estimate of drug-likeness (QED) is 0.333. The minimum absolute atomic E-state index is 0.228. The van der Waals surface area contributed by atoms with E-state index in [0.717, 1.165) is 38.3 Å². The fourth-order valence-electron chi connectivity index (χ4n) is 2.17. The smallest absolute Gasteiger partial charge is 0.338 e. The molecule has 19 heavy (non-hydrogen) atoms. The molecule has 1 fully saturated rings. The van der Waals surface area contributed by atoms with E-state index in [1.54, 1.807) is 0 Å². The van der Waals surface area contributed by atoms with Crippen molar-refractivity contribution in [2.24, 2.45) is 0 Å². The van der Waals surface area contributed by atoms with Gasteiger partial charge in [0.05, 0.1) is 13.2 Å².